The summed E-state index contributed by atoms with van der Waals surface area (Å²) in [4.78, 5) is 8.50. The lowest BCUT2D eigenvalue weighted by molar-refractivity contribution is 0.314. The van der Waals surface area contributed by atoms with Crippen LogP contribution in [0.15, 0.2) is 36.0 Å². The number of nitrogens with two attached hydrogens (primary N) is 1. The van der Waals surface area contributed by atoms with Crippen molar-refractivity contribution in [3.63, 3.8) is 0 Å². The molecule has 2 N–H and O–H groups in total. The van der Waals surface area contributed by atoms with E-state index in [9.17, 15) is 0 Å². The minimum atomic E-state index is 0.553. The molecule has 102 valence electrons. The maximum atomic E-state index is 5.91. The number of para-hydroxylation sites is 1. The molecule has 0 amide bonds. The summed E-state index contributed by atoms with van der Waals surface area (Å²) in [5.74, 6) is 0.655. The van der Waals surface area contributed by atoms with Crippen molar-refractivity contribution in [1.82, 2.24) is 9.97 Å². The SMILES string of the molecule is Cc1csc2c(OCCc3ccccc3N)ncnc12. The summed E-state index contributed by atoms with van der Waals surface area (Å²) in [5.41, 5.74) is 9.94. The molecule has 2 heterocycles. The number of aryl methyl sites for hydroxylation is 1. The van der Waals surface area contributed by atoms with Crippen molar-refractivity contribution in [3.05, 3.63) is 47.1 Å². The van der Waals surface area contributed by atoms with Gasteiger partial charge in [0.05, 0.1) is 12.1 Å². The van der Waals surface area contributed by atoms with E-state index in [2.05, 4.69) is 15.3 Å². The molecule has 0 aliphatic carbocycles. The van der Waals surface area contributed by atoms with Gasteiger partial charge in [-0.15, -0.1) is 11.3 Å². The summed E-state index contributed by atoms with van der Waals surface area (Å²) in [6, 6.07) is 7.84. The Balaban J connectivity index is 1.73. The van der Waals surface area contributed by atoms with Crippen molar-refractivity contribution in [2.45, 2.75) is 13.3 Å². The molecule has 0 spiro atoms. The highest BCUT2D eigenvalue weighted by Crippen LogP contribution is 2.29. The number of hydrogen-bond donors (Lipinski definition) is 1. The van der Waals surface area contributed by atoms with Crippen molar-refractivity contribution in [2.75, 3.05) is 12.3 Å². The van der Waals surface area contributed by atoms with E-state index in [0.717, 1.165) is 33.5 Å². The van der Waals surface area contributed by atoms with Crippen molar-refractivity contribution >= 4 is 27.2 Å². The van der Waals surface area contributed by atoms with Crippen LogP contribution >= 0.6 is 11.3 Å². The maximum absolute atomic E-state index is 5.91. The van der Waals surface area contributed by atoms with Gasteiger partial charge in [-0.2, -0.15) is 0 Å². The molecule has 1 aromatic carbocycles. The zero-order valence-electron chi connectivity index (χ0n) is 11.2. The fourth-order valence-corrected chi connectivity index (χ4v) is 3.01. The van der Waals surface area contributed by atoms with E-state index in [0.29, 0.717) is 12.5 Å². The van der Waals surface area contributed by atoms with Crippen molar-refractivity contribution in [2.24, 2.45) is 0 Å². The summed E-state index contributed by atoms with van der Waals surface area (Å²) >= 11 is 1.62. The first kappa shape index (κ1) is 12.9. The van der Waals surface area contributed by atoms with Gasteiger partial charge in [0.2, 0.25) is 5.88 Å². The molecular formula is C15H15N3OS. The lowest BCUT2D eigenvalue weighted by Crippen LogP contribution is -2.05. The van der Waals surface area contributed by atoms with Crippen LogP contribution in [0.1, 0.15) is 11.1 Å². The molecule has 5 heteroatoms. The summed E-state index contributed by atoms with van der Waals surface area (Å²) < 4.78 is 6.80. The normalized spacial score (nSPS) is 10.8. The number of anilines is 1. The van der Waals surface area contributed by atoms with Gasteiger partial charge in [-0.05, 0) is 29.5 Å². The first-order chi connectivity index (χ1) is 9.75. The van der Waals surface area contributed by atoms with Gasteiger partial charge >= 0.3 is 0 Å². The third kappa shape index (κ3) is 2.44. The van der Waals surface area contributed by atoms with E-state index >= 15 is 0 Å². The van der Waals surface area contributed by atoms with Crippen LogP contribution in [0.3, 0.4) is 0 Å². The fourth-order valence-electron chi connectivity index (χ4n) is 2.07. The van der Waals surface area contributed by atoms with Crippen molar-refractivity contribution < 1.29 is 4.74 Å². The second-order valence-corrected chi connectivity index (χ2v) is 5.45. The van der Waals surface area contributed by atoms with Gasteiger partial charge in [0, 0.05) is 12.1 Å². The van der Waals surface area contributed by atoms with E-state index in [1.54, 1.807) is 17.7 Å². The molecule has 0 fully saturated rings. The minimum absolute atomic E-state index is 0.553. The predicted molar refractivity (Wildman–Crippen MR) is 82.2 cm³/mol. The Bertz CT molecular complexity index is 739. The Morgan fingerprint density at radius 1 is 1.25 bits per heavy atom. The molecule has 3 rings (SSSR count). The van der Waals surface area contributed by atoms with Crippen LogP contribution in [0.25, 0.3) is 10.2 Å². The van der Waals surface area contributed by atoms with Crippen LogP contribution in [0.4, 0.5) is 5.69 Å². The number of nitrogens with zero attached hydrogens (tertiary/aromatic N) is 2. The third-order valence-corrected chi connectivity index (χ3v) is 4.24. The molecule has 4 nitrogen and oxygen atoms in total. The zero-order chi connectivity index (χ0) is 13.9. The van der Waals surface area contributed by atoms with E-state index < -0.39 is 0 Å². The van der Waals surface area contributed by atoms with E-state index in [4.69, 9.17) is 10.5 Å². The number of fused-ring (bicyclic) bond motifs is 1. The Morgan fingerprint density at radius 2 is 2.10 bits per heavy atom. The number of nitrogen functional groups attached to an aromatic ring is 1. The molecule has 20 heavy (non-hydrogen) atoms. The minimum Gasteiger partial charge on any atom is -0.476 e. The summed E-state index contributed by atoms with van der Waals surface area (Å²) in [7, 11) is 0. The summed E-state index contributed by atoms with van der Waals surface area (Å²) in [6.45, 7) is 2.59. The molecule has 0 saturated carbocycles. The molecule has 0 aliphatic rings. The van der Waals surface area contributed by atoms with Gasteiger partial charge in [-0.1, -0.05) is 18.2 Å². The average Bonchev–Trinajstić information content (AvgIpc) is 2.84. The van der Waals surface area contributed by atoms with Crippen LogP contribution < -0.4 is 10.5 Å². The van der Waals surface area contributed by atoms with E-state index in [1.165, 1.54) is 0 Å². The van der Waals surface area contributed by atoms with E-state index in [-0.39, 0.29) is 0 Å². The van der Waals surface area contributed by atoms with Gasteiger partial charge in [0.25, 0.3) is 0 Å². The smallest absolute Gasteiger partial charge is 0.234 e. The van der Waals surface area contributed by atoms with E-state index in [1.807, 2.05) is 31.2 Å². The second-order valence-electron chi connectivity index (χ2n) is 4.57. The lowest BCUT2D eigenvalue weighted by atomic mass is 10.1. The molecule has 0 aliphatic heterocycles. The highest BCUT2D eigenvalue weighted by molar-refractivity contribution is 7.17. The summed E-state index contributed by atoms with van der Waals surface area (Å²) in [6.07, 6.45) is 2.32. The average molecular weight is 285 g/mol. The third-order valence-electron chi connectivity index (χ3n) is 3.16. The first-order valence-corrected chi connectivity index (χ1v) is 7.28. The van der Waals surface area contributed by atoms with Gasteiger partial charge < -0.3 is 10.5 Å². The Labute approximate surface area is 121 Å². The van der Waals surface area contributed by atoms with Crippen molar-refractivity contribution in [1.29, 1.82) is 0 Å². The monoisotopic (exact) mass is 285 g/mol. The molecule has 3 aromatic rings. The number of benzene rings is 1. The lowest BCUT2D eigenvalue weighted by Gasteiger charge is -2.07. The van der Waals surface area contributed by atoms with Crippen LogP contribution in [0, 0.1) is 6.92 Å². The number of thiophene rings is 1. The van der Waals surface area contributed by atoms with Crippen molar-refractivity contribution in [3.8, 4) is 5.88 Å². The predicted octanol–water partition coefficient (Wildman–Crippen LogP) is 3.20. The highest BCUT2D eigenvalue weighted by atomic mass is 32.1. The number of rotatable bonds is 4. The van der Waals surface area contributed by atoms with Crippen LogP contribution in [-0.4, -0.2) is 16.6 Å². The molecule has 0 saturated heterocycles. The Hall–Kier alpha value is -2.14. The number of hydrogen-bond acceptors (Lipinski definition) is 5. The largest absolute Gasteiger partial charge is 0.476 e. The van der Waals surface area contributed by atoms with Gasteiger partial charge in [-0.3, -0.25) is 0 Å². The molecule has 0 radical (unpaired) electrons. The molecule has 0 atom stereocenters. The van der Waals surface area contributed by atoms with Gasteiger partial charge in [0.1, 0.15) is 11.0 Å². The Kier molecular flexibility index (Phi) is 3.52. The molecule has 0 bridgehead atoms. The molecule has 2 aromatic heterocycles. The van der Waals surface area contributed by atoms with Crippen LogP contribution in [0.5, 0.6) is 5.88 Å². The molecule has 0 unspecified atom stereocenters. The zero-order valence-corrected chi connectivity index (χ0v) is 12.0. The second kappa shape index (κ2) is 5.46. The summed E-state index contributed by atoms with van der Waals surface area (Å²) in [5, 5.41) is 2.07. The maximum Gasteiger partial charge on any atom is 0.234 e. The molecular weight excluding hydrogens is 270 g/mol. The quantitative estimate of drug-likeness (QED) is 0.748. The first-order valence-electron chi connectivity index (χ1n) is 6.40. The number of aromatic nitrogens is 2. The topological polar surface area (TPSA) is 61.0 Å². The van der Waals surface area contributed by atoms with Gasteiger partial charge in [0.15, 0.2) is 0 Å². The fraction of sp³-hybridized carbons (Fsp3) is 0.200. The Morgan fingerprint density at radius 3 is 2.95 bits per heavy atom. The highest BCUT2D eigenvalue weighted by Gasteiger charge is 2.09. The standard InChI is InChI=1S/C15H15N3OS/c1-10-8-20-14-13(10)17-9-18-15(14)19-7-6-11-4-2-3-5-12(11)16/h2-5,8-9H,6-7,16H2,1H3. The van der Waals surface area contributed by atoms with Gasteiger partial charge in [-0.25, -0.2) is 9.97 Å². The number of ether oxygens (including phenoxy) is 1. The van der Waals surface area contributed by atoms with Crippen LogP contribution in [0.2, 0.25) is 0 Å². The van der Waals surface area contributed by atoms with Crippen LogP contribution in [-0.2, 0) is 6.42 Å².